The van der Waals surface area contributed by atoms with Crippen LogP contribution in [0.2, 0.25) is 0 Å². The van der Waals surface area contributed by atoms with Crippen molar-refractivity contribution in [1.82, 2.24) is 4.31 Å². The Morgan fingerprint density at radius 3 is 2.53 bits per heavy atom. The molecule has 0 aromatic carbocycles. The van der Waals surface area contributed by atoms with E-state index in [2.05, 4.69) is 0 Å². The number of thiophene rings is 1. The molecule has 2 rings (SSSR count). The standard InChI is InChI=1S/C13H21NO3S2/c1-3-12-4-5-13(18-12)19(16,17)14-8-6-11(7-9-14)10(2)15/h4-5,10-11,15H,3,6-9H2,1-2H3. The highest BCUT2D eigenvalue weighted by Gasteiger charge is 2.31. The summed E-state index contributed by atoms with van der Waals surface area (Å²) < 4.78 is 26.9. The van der Waals surface area contributed by atoms with Crippen LogP contribution in [0.15, 0.2) is 16.3 Å². The van der Waals surface area contributed by atoms with Crippen molar-refractivity contribution in [3.63, 3.8) is 0 Å². The van der Waals surface area contributed by atoms with Gasteiger partial charge in [0.2, 0.25) is 0 Å². The molecular formula is C13H21NO3S2. The molecule has 1 fully saturated rings. The summed E-state index contributed by atoms with van der Waals surface area (Å²) in [4.78, 5) is 1.09. The van der Waals surface area contributed by atoms with Gasteiger partial charge < -0.3 is 5.11 Å². The summed E-state index contributed by atoms with van der Waals surface area (Å²) in [6.07, 6.45) is 1.99. The van der Waals surface area contributed by atoms with E-state index in [4.69, 9.17) is 0 Å². The lowest BCUT2D eigenvalue weighted by atomic mass is 9.93. The summed E-state index contributed by atoms with van der Waals surface area (Å²) in [6.45, 7) is 4.83. The summed E-state index contributed by atoms with van der Waals surface area (Å²) in [6, 6.07) is 3.60. The van der Waals surface area contributed by atoms with Crippen LogP contribution >= 0.6 is 11.3 Å². The van der Waals surface area contributed by atoms with Gasteiger partial charge in [0.1, 0.15) is 4.21 Å². The molecule has 1 saturated heterocycles. The third kappa shape index (κ3) is 3.18. The minimum Gasteiger partial charge on any atom is -0.393 e. The number of sulfonamides is 1. The van der Waals surface area contributed by atoms with E-state index in [0.717, 1.165) is 24.1 Å². The van der Waals surface area contributed by atoms with Crippen molar-refractivity contribution in [1.29, 1.82) is 0 Å². The normalized spacial score (nSPS) is 20.6. The van der Waals surface area contributed by atoms with E-state index in [1.807, 2.05) is 13.0 Å². The van der Waals surface area contributed by atoms with Gasteiger partial charge in [-0.15, -0.1) is 11.3 Å². The fraction of sp³-hybridized carbons (Fsp3) is 0.692. The lowest BCUT2D eigenvalue weighted by molar-refractivity contribution is 0.0912. The van der Waals surface area contributed by atoms with Gasteiger partial charge >= 0.3 is 0 Å². The molecule has 4 nitrogen and oxygen atoms in total. The molecule has 0 aliphatic carbocycles. The molecule has 1 aromatic heterocycles. The van der Waals surface area contributed by atoms with Crippen molar-refractivity contribution in [2.75, 3.05) is 13.1 Å². The maximum Gasteiger partial charge on any atom is 0.252 e. The second kappa shape index (κ2) is 5.91. The van der Waals surface area contributed by atoms with Crippen LogP contribution in [0.1, 0.15) is 31.6 Å². The summed E-state index contributed by atoms with van der Waals surface area (Å²) >= 11 is 1.36. The maximum absolute atomic E-state index is 12.5. The zero-order chi connectivity index (χ0) is 14.0. The zero-order valence-electron chi connectivity index (χ0n) is 11.4. The first-order valence-electron chi connectivity index (χ1n) is 6.72. The fourth-order valence-electron chi connectivity index (χ4n) is 2.41. The quantitative estimate of drug-likeness (QED) is 0.926. The van der Waals surface area contributed by atoms with Gasteiger partial charge in [-0.05, 0) is 44.2 Å². The Labute approximate surface area is 119 Å². The minimum absolute atomic E-state index is 0.223. The Hall–Kier alpha value is -0.430. The number of nitrogens with zero attached hydrogens (tertiary/aromatic N) is 1. The first-order valence-corrected chi connectivity index (χ1v) is 8.97. The predicted molar refractivity (Wildman–Crippen MR) is 76.9 cm³/mol. The van der Waals surface area contributed by atoms with Crippen molar-refractivity contribution in [2.24, 2.45) is 5.92 Å². The highest BCUT2D eigenvalue weighted by atomic mass is 32.2. The van der Waals surface area contributed by atoms with Gasteiger partial charge in [0.05, 0.1) is 6.10 Å². The average molecular weight is 303 g/mol. The molecule has 0 radical (unpaired) electrons. The third-order valence-corrected chi connectivity index (χ3v) is 7.36. The van der Waals surface area contributed by atoms with E-state index in [1.54, 1.807) is 17.3 Å². The van der Waals surface area contributed by atoms with E-state index in [0.29, 0.717) is 17.3 Å². The minimum atomic E-state index is -3.33. The van der Waals surface area contributed by atoms with Crippen LogP contribution in [0.5, 0.6) is 0 Å². The highest BCUT2D eigenvalue weighted by molar-refractivity contribution is 7.91. The van der Waals surface area contributed by atoms with Gasteiger partial charge in [-0.2, -0.15) is 4.31 Å². The number of aryl methyl sites for hydroxylation is 1. The van der Waals surface area contributed by atoms with Crippen LogP contribution in [0.3, 0.4) is 0 Å². The zero-order valence-corrected chi connectivity index (χ0v) is 13.0. The van der Waals surface area contributed by atoms with Gasteiger partial charge in [0, 0.05) is 18.0 Å². The van der Waals surface area contributed by atoms with E-state index in [9.17, 15) is 13.5 Å². The second-order valence-electron chi connectivity index (χ2n) is 5.06. The van der Waals surface area contributed by atoms with Gasteiger partial charge in [-0.1, -0.05) is 6.92 Å². The van der Waals surface area contributed by atoms with Gasteiger partial charge in [0.25, 0.3) is 10.0 Å². The molecule has 1 atom stereocenters. The average Bonchev–Trinajstić information content (AvgIpc) is 2.88. The number of hydrogen-bond donors (Lipinski definition) is 1. The van der Waals surface area contributed by atoms with E-state index < -0.39 is 10.0 Å². The van der Waals surface area contributed by atoms with Crippen LogP contribution in [0.4, 0.5) is 0 Å². The van der Waals surface area contributed by atoms with Gasteiger partial charge in [-0.3, -0.25) is 0 Å². The second-order valence-corrected chi connectivity index (χ2v) is 8.39. The molecule has 1 aliphatic rings. The number of aliphatic hydroxyl groups is 1. The van der Waals surface area contributed by atoms with Crippen LogP contribution in [0, 0.1) is 5.92 Å². The Bertz CT molecular complexity index is 514. The van der Waals surface area contributed by atoms with Crippen molar-refractivity contribution in [3.05, 3.63) is 17.0 Å². The first kappa shape index (κ1) is 15.0. The summed E-state index contributed by atoms with van der Waals surface area (Å²) in [7, 11) is -3.33. The highest BCUT2D eigenvalue weighted by Crippen LogP contribution is 2.29. The Morgan fingerprint density at radius 1 is 1.42 bits per heavy atom. The Kier molecular flexibility index (Phi) is 4.66. The van der Waals surface area contributed by atoms with E-state index in [-0.39, 0.29) is 12.0 Å². The third-order valence-electron chi connectivity index (χ3n) is 3.76. The van der Waals surface area contributed by atoms with E-state index >= 15 is 0 Å². The lowest BCUT2D eigenvalue weighted by Gasteiger charge is -2.32. The van der Waals surface area contributed by atoms with Gasteiger partial charge in [0.15, 0.2) is 0 Å². The largest absolute Gasteiger partial charge is 0.393 e. The summed E-state index contributed by atoms with van der Waals surface area (Å²) in [5, 5.41) is 9.55. The first-order chi connectivity index (χ1) is 8.95. The molecule has 1 aromatic rings. The summed E-state index contributed by atoms with van der Waals surface area (Å²) in [5.74, 6) is 0.223. The number of hydrogen-bond acceptors (Lipinski definition) is 4. The molecule has 1 aliphatic heterocycles. The molecular weight excluding hydrogens is 282 g/mol. The predicted octanol–water partition coefficient (Wildman–Crippen LogP) is 2.09. The Morgan fingerprint density at radius 2 is 2.05 bits per heavy atom. The number of rotatable bonds is 4. The van der Waals surface area contributed by atoms with Crippen LogP contribution in [-0.4, -0.2) is 37.0 Å². The molecule has 19 heavy (non-hydrogen) atoms. The molecule has 0 saturated carbocycles. The molecule has 6 heteroatoms. The molecule has 0 bridgehead atoms. The molecule has 108 valence electrons. The van der Waals surface area contributed by atoms with Crippen molar-refractivity contribution in [2.45, 2.75) is 43.4 Å². The lowest BCUT2D eigenvalue weighted by Crippen LogP contribution is -2.40. The van der Waals surface area contributed by atoms with Crippen molar-refractivity contribution < 1.29 is 13.5 Å². The monoisotopic (exact) mass is 303 g/mol. The SMILES string of the molecule is CCc1ccc(S(=O)(=O)N2CCC(C(C)O)CC2)s1. The molecule has 0 amide bonds. The van der Waals surface area contributed by atoms with Crippen molar-refractivity contribution in [3.8, 4) is 0 Å². The smallest absolute Gasteiger partial charge is 0.252 e. The molecule has 0 spiro atoms. The van der Waals surface area contributed by atoms with Crippen LogP contribution in [0.25, 0.3) is 0 Å². The number of aliphatic hydroxyl groups excluding tert-OH is 1. The maximum atomic E-state index is 12.5. The van der Waals surface area contributed by atoms with Gasteiger partial charge in [-0.25, -0.2) is 8.42 Å². The van der Waals surface area contributed by atoms with E-state index in [1.165, 1.54) is 11.3 Å². The molecule has 2 heterocycles. The molecule has 1 N–H and O–H groups in total. The number of piperidine rings is 1. The topological polar surface area (TPSA) is 57.6 Å². The summed E-state index contributed by atoms with van der Waals surface area (Å²) in [5.41, 5.74) is 0. The van der Waals surface area contributed by atoms with Crippen molar-refractivity contribution >= 4 is 21.4 Å². The Balaban J connectivity index is 2.09. The van der Waals surface area contributed by atoms with Crippen LogP contribution < -0.4 is 0 Å². The fourth-order valence-corrected chi connectivity index (χ4v) is 5.33. The van der Waals surface area contributed by atoms with Crippen LogP contribution in [-0.2, 0) is 16.4 Å². The molecule has 1 unspecified atom stereocenters.